The van der Waals surface area contributed by atoms with E-state index >= 15 is 0 Å². The normalized spacial score (nSPS) is 11.2. The molecule has 0 fully saturated rings. The minimum atomic E-state index is 0.726. The van der Waals surface area contributed by atoms with E-state index in [0.29, 0.717) is 0 Å². The maximum atomic E-state index is 5.60. The summed E-state index contributed by atoms with van der Waals surface area (Å²) in [5.74, 6) is 8.99. The van der Waals surface area contributed by atoms with Crippen molar-refractivity contribution in [1.82, 2.24) is 9.97 Å². The summed E-state index contributed by atoms with van der Waals surface area (Å²) < 4.78 is 5.03. The monoisotopic (exact) mass is 312 g/mol. The first kappa shape index (κ1) is 15.5. The quantitative estimate of drug-likeness (QED) is 0.465. The summed E-state index contributed by atoms with van der Waals surface area (Å²) in [6, 6.07) is 0. The molecule has 0 saturated carbocycles. The molecule has 0 aromatic carbocycles. The fourth-order valence-corrected chi connectivity index (χ4v) is 3.76. The lowest BCUT2D eigenvalue weighted by molar-refractivity contribution is 0.200. The second-order valence-corrected chi connectivity index (χ2v) is 6.80. The number of nitrogen functional groups attached to an aromatic ring is 1. The Morgan fingerprint density at radius 3 is 2.85 bits per heavy atom. The van der Waals surface area contributed by atoms with E-state index in [0.717, 1.165) is 46.4 Å². The molecule has 2 heterocycles. The van der Waals surface area contributed by atoms with Crippen LogP contribution in [0.4, 0.5) is 5.82 Å². The van der Waals surface area contributed by atoms with Crippen LogP contribution in [0.5, 0.6) is 0 Å². The third-order valence-corrected chi connectivity index (χ3v) is 5.22. The Hall–Kier alpha value is -0.890. The molecule has 20 heavy (non-hydrogen) atoms. The van der Waals surface area contributed by atoms with Gasteiger partial charge in [-0.1, -0.05) is 0 Å². The minimum absolute atomic E-state index is 0.726. The first-order chi connectivity index (χ1) is 9.67. The number of fused-ring (bicyclic) bond motifs is 1. The molecule has 2 aromatic rings. The lowest BCUT2D eigenvalue weighted by Gasteiger charge is -2.06. The highest BCUT2D eigenvalue weighted by atomic mass is 32.2. The summed E-state index contributed by atoms with van der Waals surface area (Å²) in [5, 5.41) is 1.04. The second kappa shape index (κ2) is 7.21. The van der Waals surface area contributed by atoms with Gasteiger partial charge in [-0.25, -0.2) is 15.8 Å². The summed E-state index contributed by atoms with van der Waals surface area (Å²) >= 11 is 3.51. The zero-order chi connectivity index (χ0) is 14.5. The average Bonchev–Trinajstić information content (AvgIpc) is 2.73. The van der Waals surface area contributed by atoms with Gasteiger partial charge in [-0.15, -0.1) is 11.3 Å². The van der Waals surface area contributed by atoms with Crippen LogP contribution >= 0.6 is 23.1 Å². The van der Waals surface area contributed by atoms with Crippen LogP contribution < -0.4 is 11.3 Å². The Bertz CT molecular complexity index is 585. The SMILES string of the molecule is COCCCSCc1nc(NN)c2c(C)c(C)sc2n1. The minimum Gasteiger partial charge on any atom is -0.385 e. The van der Waals surface area contributed by atoms with Crippen molar-refractivity contribution < 1.29 is 4.74 Å². The van der Waals surface area contributed by atoms with Gasteiger partial charge in [0.2, 0.25) is 0 Å². The van der Waals surface area contributed by atoms with E-state index in [1.807, 2.05) is 11.8 Å². The summed E-state index contributed by atoms with van der Waals surface area (Å²) in [6.07, 6.45) is 1.04. The van der Waals surface area contributed by atoms with E-state index in [-0.39, 0.29) is 0 Å². The first-order valence-corrected chi connectivity index (χ1v) is 8.44. The lowest BCUT2D eigenvalue weighted by atomic mass is 10.2. The molecule has 5 nitrogen and oxygen atoms in total. The number of aryl methyl sites for hydroxylation is 2. The molecule has 0 saturated heterocycles. The lowest BCUT2D eigenvalue weighted by Crippen LogP contribution is -2.11. The zero-order valence-corrected chi connectivity index (χ0v) is 13.7. The topological polar surface area (TPSA) is 73.1 Å². The summed E-state index contributed by atoms with van der Waals surface area (Å²) in [5.41, 5.74) is 3.91. The third-order valence-electron chi connectivity index (χ3n) is 3.08. The number of nitrogens with zero attached hydrogens (tertiary/aromatic N) is 2. The molecule has 0 spiro atoms. The van der Waals surface area contributed by atoms with Gasteiger partial charge in [0.1, 0.15) is 10.7 Å². The third kappa shape index (κ3) is 3.41. The number of aromatic nitrogens is 2. The predicted molar refractivity (Wildman–Crippen MR) is 87.4 cm³/mol. The molecule has 0 aliphatic carbocycles. The first-order valence-electron chi connectivity index (χ1n) is 6.47. The molecule has 7 heteroatoms. The molecule has 0 bridgehead atoms. The van der Waals surface area contributed by atoms with Gasteiger partial charge in [0.05, 0.1) is 11.1 Å². The molecular formula is C13H20N4OS2. The van der Waals surface area contributed by atoms with Crippen molar-refractivity contribution in [2.45, 2.75) is 26.0 Å². The molecular weight excluding hydrogens is 292 g/mol. The molecule has 0 radical (unpaired) electrons. The summed E-state index contributed by atoms with van der Waals surface area (Å²) in [7, 11) is 1.72. The Kier molecular flexibility index (Phi) is 5.59. The molecule has 3 N–H and O–H groups in total. The largest absolute Gasteiger partial charge is 0.385 e. The number of nitrogens with one attached hydrogen (secondary N) is 1. The Balaban J connectivity index is 2.15. The van der Waals surface area contributed by atoms with Crippen molar-refractivity contribution in [2.75, 3.05) is 24.9 Å². The summed E-state index contributed by atoms with van der Waals surface area (Å²) in [6.45, 7) is 4.98. The maximum Gasteiger partial charge on any atom is 0.152 e. The number of nitrogens with two attached hydrogens (primary N) is 1. The Morgan fingerprint density at radius 1 is 1.35 bits per heavy atom. The standard InChI is InChI=1S/C13H20N4OS2/c1-8-9(2)20-13-11(8)12(17-14)15-10(16-13)7-19-6-4-5-18-3/h4-7,14H2,1-3H3,(H,15,16,17). The molecule has 0 atom stereocenters. The molecule has 2 rings (SSSR count). The molecule has 0 amide bonds. The van der Waals surface area contributed by atoms with E-state index in [1.54, 1.807) is 18.4 Å². The van der Waals surface area contributed by atoms with Crippen molar-refractivity contribution in [1.29, 1.82) is 0 Å². The van der Waals surface area contributed by atoms with Crippen LogP contribution in [0.3, 0.4) is 0 Å². The molecule has 0 aliphatic rings. The van der Waals surface area contributed by atoms with Gasteiger partial charge >= 0.3 is 0 Å². The predicted octanol–water partition coefficient (Wildman–Crippen LogP) is 2.86. The van der Waals surface area contributed by atoms with Crippen molar-refractivity contribution in [2.24, 2.45) is 5.84 Å². The van der Waals surface area contributed by atoms with Gasteiger partial charge in [0, 0.05) is 18.6 Å². The van der Waals surface area contributed by atoms with Crippen molar-refractivity contribution >= 4 is 39.1 Å². The van der Waals surface area contributed by atoms with E-state index < -0.39 is 0 Å². The van der Waals surface area contributed by atoms with Gasteiger partial charge in [0.15, 0.2) is 5.82 Å². The second-order valence-electron chi connectivity index (χ2n) is 4.50. The van der Waals surface area contributed by atoms with Gasteiger partial charge in [-0.2, -0.15) is 11.8 Å². The van der Waals surface area contributed by atoms with Crippen LogP contribution in [0.15, 0.2) is 0 Å². The highest BCUT2D eigenvalue weighted by molar-refractivity contribution is 7.98. The Morgan fingerprint density at radius 2 is 2.15 bits per heavy atom. The average molecular weight is 312 g/mol. The van der Waals surface area contributed by atoms with Gasteiger partial charge in [0.25, 0.3) is 0 Å². The van der Waals surface area contributed by atoms with Gasteiger partial charge < -0.3 is 10.2 Å². The highest BCUT2D eigenvalue weighted by Crippen LogP contribution is 2.33. The number of hydrogen-bond donors (Lipinski definition) is 2. The number of thioether (sulfide) groups is 1. The number of methoxy groups -OCH3 is 1. The van der Waals surface area contributed by atoms with Crippen LogP contribution in [0, 0.1) is 13.8 Å². The number of hydrogen-bond acceptors (Lipinski definition) is 7. The van der Waals surface area contributed by atoms with Crippen LogP contribution in [0.1, 0.15) is 22.7 Å². The number of thiophene rings is 1. The van der Waals surface area contributed by atoms with Crippen molar-refractivity contribution in [3.63, 3.8) is 0 Å². The summed E-state index contributed by atoms with van der Waals surface area (Å²) in [4.78, 5) is 11.4. The van der Waals surface area contributed by atoms with Gasteiger partial charge in [-0.3, -0.25) is 0 Å². The van der Waals surface area contributed by atoms with Crippen LogP contribution in [0.2, 0.25) is 0 Å². The van der Waals surface area contributed by atoms with E-state index in [4.69, 9.17) is 10.6 Å². The zero-order valence-electron chi connectivity index (χ0n) is 12.0. The fraction of sp³-hybridized carbons (Fsp3) is 0.538. The number of rotatable bonds is 7. The van der Waals surface area contributed by atoms with Crippen molar-refractivity contribution in [3.05, 3.63) is 16.3 Å². The number of hydrazine groups is 1. The van der Waals surface area contributed by atoms with Crippen LogP contribution in [-0.2, 0) is 10.5 Å². The van der Waals surface area contributed by atoms with Crippen molar-refractivity contribution in [3.8, 4) is 0 Å². The molecule has 110 valence electrons. The molecule has 0 unspecified atom stereocenters. The fourth-order valence-electron chi connectivity index (χ4n) is 1.93. The van der Waals surface area contributed by atoms with Crippen LogP contribution in [0.25, 0.3) is 10.2 Å². The van der Waals surface area contributed by atoms with E-state index in [1.165, 1.54) is 10.4 Å². The smallest absolute Gasteiger partial charge is 0.152 e. The maximum absolute atomic E-state index is 5.60. The molecule has 0 aliphatic heterocycles. The van der Waals surface area contributed by atoms with Gasteiger partial charge in [-0.05, 0) is 31.6 Å². The number of anilines is 1. The Labute approximate surface area is 127 Å². The van der Waals surface area contributed by atoms with E-state index in [9.17, 15) is 0 Å². The number of ether oxygens (including phenoxy) is 1. The highest BCUT2D eigenvalue weighted by Gasteiger charge is 2.13. The molecule has 2 aromatic heterocycles. The van der Waals surface area contributed by atoms with E-state index in [2.05, 4.69) is 29.2 Å². The van der Waals surface area contributed by atoms with Crippen LogP contribution in [-0.4, -0.2) is 29.4 Å².